The summed E-state index contributed by atoms with van der Waals surface area (Å²) in [5.74, 6) is 0. The van der Waals surface area contributed by atoms with E-state index in [0.717, 1.165) is 0 Å². The van der Waals surface area contributed by atoms with E-state index < -0.39 is 15.1 Å². The van der Waals surface area contributed by atoms with Crippen LogP contribution in [0.15, 0.2) is 35.4 Å². The summed E-state index contributed by atoms with van der Waals surface area (Å²) in [6.45, 7) is 0. The number of benzene rings is 1. The maximum absolute atomic E-state index is 11.3. The average molecular weight is 261 g/mol. The molecule has 0 unspecified atom stereocenters. The first-order chi connectivity index (χ1) is 7.88. The summed E-state index contributed by atoms with van der Waals surface area (Å²) in [6.07, 6.45) is 0. The van der Waals surface area contributed by atoms with E-state index in [9.17, 15) is 25.4 Å². The average Bonchev–Trinajstić information content (AvgIpc) is 2.29. The largest absolute Gasteiger partial charge is 0.697 e. The molecule has 0 radical (unpaired) electrons. The van der Waals surface area contributed by atoms with Gasteiger partial charge < -0.3 is 5.21 Å². The van der Waals surface area contributed by atoms with Crippen LogP contribution in [-0.2, 0) is 0 Å². The fourth-order valence-electron chi connectivity index (χ4n) is 0.869. The topological polar surface area (TPSA) is 125 Å². The molecule has 90 valence electrons. The van der Waals surface area contributed by atoms with Gasteiger partial charge in [0.15, 0.2) is 5.11 Å². The fraction of sp³-hybridized carbons (Fsp3) is 0.143. The van der Waals surface area contributed by atoms with Crippen LogP contribution in [0.5, 0.6) is 0 Å². The number of hydrogen-bond donors (Lipinski definition) is 0. The molecule has 0 amide bonds. The Morgan fingerprint density at radius 2 is 1.53 bits per heavy atom. The lowest BCUT2D eigenvalue weighted by Gasteiger charge is -2.03. The van der Waals surface area contributed by atoms with E-state index in [2.05, 4.69) is 5.11 Å². The van der Waals surface area contributed by atoms with E-state index in [1.54, 1.807) is 6.07 Å². The zero-order valence-electron chi connectivity index (χ0n) is 8.09. The highest BCUT2D eigenvalue weighted by Gasteiger charge is 2.60. The van der Waals surface area contributed by atoms with E-state index in [-0.39, 0.29) is 10.5 Å². The predicted octanol–water partition coefficient (Wildman–Crippen LogP) is 1.68. The molecule has 0 spiro atoms. The highest BCUT2D eigenvalue weighted by atomic mass is 35.5. The number of nitrogens with zero attached hydrogens (tertiary/aromatic N) is 4. The van der Waals surface area contributed by atoms with Crippen molar-refractivity contribution in [1.29, 1.82) is 0 Å². The quantitative estimate of drug-likeness (QED) is 0.155. The van der Waals surface area contributed by atoms with Crippen molar-refractivity contribution in [3.05, 3.63) is 55.8 Å². The molecule has 1 rings (SSSR count). The Kier molecular flexibility index (Phi) is 3.53. The molecule has 0 N–H and O–H groups in total. The molecule has 9 nitrogen and oxygen atoms in total. The first kappa shape index (κ1) is 12.8. The number of halogens is 1. The van der Waals surface area contributed by atoms with Crippen LogP contribution in [0.3, 0.4) is 0 Å². The minimum atomic E-state index is -3.42. The highest BCUT2D eigenvalue weighted by molar-refractivity contribution is 6.21. The third-order valence-electron chi connectivity index (χ3n) is 1.66. The van der Waals surface area contributed by atoms with Crippen molar-refractivity contribution in [3.63, 3.8) is 0 Å². The van der Waals surface area contributed by atoms with Gasteiger partial charge in [-0.25, -0.2) is 0 Å². The molecular weight excluding hydrogens is 256 g/mol. The molecule has 0 atom stereocenters. The zero-order valence-corrected chi connectivity index (χ0v) is 8.85. The third kappa shape index (κ3) is 2.64. The van der Waals surface area contributed by atoms with Crippen molar-refractivity contribution in [2.45, 2.75) is 5.25 Å². The molecule has 0 saturated carbocycles. The van der Waals surface area contributed by atoms with Crippen molar-refractivity contribution in [2.75, 3.05) is 0 Å². The van der Waals surface area contributed by atoms with Crippen LogP contribution in [0.2, 0.25) is 0 Å². The summed E-state index contributed by atoms with van der Waals surface area (Å²) in [5, 5.41) is 31.4. The van der Waals surface area contributed by atoms with Crippen LogP contribution >= 0.6 is 11.6 Å². The molecule has 1 aromatic rings. The van der Waals surface area contributed by atoms with Crippen molar-refractivity contribution in [1.82, 2.24) is 0 Å². The summed E-state index contributed by atoms with van der Waals surface area (Å²) < 4.78 is 0. The molecule has 0 fully saturated rings. The smallest absolute Gasteiger partial charge is 0.594 e. The van der Waals surface area contributed by atoms with Gasteiger partial charge in [-0.15, -0.1) is 0 Å². The zero-order chi connectivity index (χ0) is 13.1. The first-order valence-electron chi connectivity index (χ1n) is 4.11. The lowest BCUT2D eigenvalue weighted by atomic mass is 10.3. The lowest BCUT2D eigenvalue weighted by molar-refractivity contribution is -0.781. The van der Waals surface area contributed by atoms with Crippen LogP contribution in [0.1, 0.15) is 0 Å². The van der Waals surface area contributed by atoms with Crippen molar-refractivity contribution in [3.8, 4) is 0 Å². The highest BCUT2D eigenvalue weighted by Crippen LogP contribution is 2.21. The Balaban J connectivity index is 3.17. The van der Waals surface area contributed by atoms with E-state index in [0.29, 0.717) is 0 Å². The Hall–Kier alpha value is -2.29. The first-order valence-corrected chi connectivity index (χ1v) is 4.48. The normalized spacial score (nSPS) is 12.2. The van der Waals surface area contributed by atoms with Crippen molar-refractivity contribution < 1.29 is 14.7 Å². The van der Waals surface area contributed by atoms with Gasteiger partial charge in [0, 0.05) is 12.1 Å². The van der Waals surface area contributed by atoms with Gasteiger partial charge in [0.1, 0.15) is 9.85 Å². The lowest BCUT2D eigenvalue weighted by Crippen LogP contribution is -2.39. The molecule has 17 heavy (non-hydrogen) atoms. The van der Waals surface area contributed by atoms with Gasteiger partial charge in [0.25, 0.3) is 0 Å². The molecule has 0 aliphatic rings. The third-order valence-corrected chi connectivity index (χ3v) is 2.01. The van der Waals surface area contributed by atoms with Crippen LogP contribution in [0.25, 0.3) is 0 Å². The standard InChI is InChI=1S/C7H5ClN4O5/c8-7(11(14)15,12(16)17)9-10(13)6-4-2-1-3-5-6/h1-5H. The van der Waals surface area contributed by atoms with E-state index in [1.165, 1.54) is 24.3 Å². The number of para-hydroxylation sites is 1. The van der Waals surface area contributed by atoms with Crippen LogP contribution in [0, 0.1) is 25.4 Å². The van der Waals surface area contributed by atoms with Gasteiger partial charge in [0.2, 0.25) is 5.69 Å². The maximum Gasteiger partial charge on any atom is 0.697 e. The second kappa shape index (κ2) is 4.70. The van der Waals surface area contributed by atoms with Crippen molar-refractivity contribution in [2.24, 2.45) is 5.11 Å². The van der Waals surface area contributed by atoms with Crippen molar-refractivity contribution >= 4 is 17.3 Å². The van der Waals surface area contributed by atoms with Gasteiger partial charge in [-0.05, 0) is 4.86 Å². The summed E-state index contributed by atoms with van der Waals surface area (Å²) in [6, 6.07) is 7.06. The van der Waals surface area contributed by atoms with Gasteiger partial charge in [0.05, 0.1) is 11.6 Å². The predicted molar refractivity (Wildman–Crippen MR) is 54.7 cm³/mol. The molecule has 0 saturated heterocycles. The Labute approximate surface area is 98.8 Å². The molecule has 0 heterocycles. The van der Waals surface area contributed by atoms with Crippen LogP contribution < -0.4 is 0 Å². The molecule has 0 bridgehead atoms. The van der Waals surface area contributed by atoms with Crippen LogP contribution in [0.4, 0.5) is 5.69 Å². The Morgan fingerprint density at radius 3 is 1.94 bits per heavy atom. The molecular formula is C7H5ClN4O5. The molecule has 10 heteroatoms. The minimum Gasteiger partial charge on any atom is -0.594 e. The van der Waals surface area contributed by atoms with Gasteiger partial charge in [-0.2, -0.15) is 0 Å². The second-order valence-corrected chi connectivity index (χ2v) is 3.28. The fourth-order valence-corrected chi connectivity index (χ4v) is 0.937. The maximum atomic E-state index is 11.3. The molecule has 0 aliphatic heterocycles. The molecule has 0 aromatic heterocycles. The number of hydrogen-bond acceptors (Lipinski definition) is 6. The number of azo groups is 1. The minimum absolute atomic E-state index is 0.110. The molecule has 1 aromatic carbocycles. The SMILES string of the molecule is O=[N+]([O-])C(Cl)(N=[N+]([O-])c1ccccc1)[N+](=O)[O-]. The van der Waals surface area contributed by atoms with Gasteiger partial charge in [-0.3, -0.25) is 20.2 Å². The number of alkyl halides is 1. The van der Waals surface area contributed by atoms with Gasteiger partial charge >= 0.3 is 5.25 Å². The van der Waals surface area contributed by atoms with Crippen LogP contribution in [-0.4, -0.2) is 20.0 Å². The van der Waals surface area contributed by atoms with E-state index in [1.807, 2.05) is 0 Å². The van der Waals surface area contributed by atoms with E-state index >= 15 is 0 Å². The van der Waals surface area contributed by atoms with E-state index in [4.69, 9.17) is 11.6 Å². The summed E-state index contributed by atoms with van der Waals surface area (Å²) in [4.78, 5) is 17.6. The van der Waals surface area contributed by atoms with Gasteiger partial charge in [-0.1, -0.05) is 18.2 Å². The Bertz CT molecular complexity index is 462. The number of rotatable bonds is 4. The molecule has 0 aliphatic carbocycles. The summed E-state index contributed by atoms with van der Waals surface area (Å²) in [5.41, 5.74) is -0.110. The number of nitro groups is 2. The monoisotopic (exact) mass is 260 g/mol. The second-order valence-electron chi connectivity index (χ2n) is 2.78. The summed E-state index contributed by atoms with van der Waals surface area (Å²) in [7, 11) is 0. The Morgan fingerprint density at radius 1 is 1.06 bits per heavy atom. The summed E-state index contributed by atoms with van der Waals surface area (Å²) >= 11 is 5.05.